The number of thioether (sulfide) groups is 1. The first kappa shape index (κ1) is 11.5. The molecule has 0 fully saturated rings. The van der Waals surface area contributed by atoms with Gasteiger partial charge < -0.3 is 5.73 Å². The summed E-state index contributed by atoms with van der Waals surface area (Å²) in [5, 5.41) is 1.31. The van der Waals surface area contributed by atoms with Crippen molar-refractivity contribution in [1.29, 1.82) is 0 Å². The van der Waals surface area contributed by atoms with Gasteiger partial charge in [-0.1, -0.05) is 23.2 Å². The van der Waals surface area contributed by atoms with Crippen molar-refractivity contribution in [3.63, 3.8) is 0 Å². The molecule has 16 heavy (non-hydrogen) atoms. The van der Waals surface area contributed by atoms with Crippen molar-refractivity contribution < 1.29 is 4.79 Å². The molecule has 0 spiro atoms. The van der Waals surface area contributed by atoms with Crippen LogP contribution in [-0.4, -0.2) is 10.2 Å². The Morgan fingerprint density at radius 2 is 1.94 bits per heavy atom. The molecular weight excluding hydrogens is 267 g/mol. The van der Waals surface area contributed by atoms with Crippen LogP contribution in [0.3, 0.4) is 0 Å². The van der Waals surface area contributed by atoms with Gasteiger partial charge in [0.1, 0.15) is 0 Å². The quantitative estimate of drug-likeness (QED) is 0.806. The number of nitrogens with two attached hydrogens (primary N) is 1. The summed E-state index contributed by atoms with van der Waals surface area (Å²) in [7, 11) is 0. The lowest BCUT2D eigenvalue weighted by atomic mass is 10.2. The highest BCUT2D eigenvalue weighted by atomic mass is 35.5. The van der Waals surface area contributed by atoms with Gasteiger partial charge in [-0.3, -0.25) is 9.78 Å². The topological polar surface area (TPSA) is 56.0 Å². The molecule has 0 aliphatic heterocycles. The number of fused-ring (bicyclic) bond motifs is 1. The first-order chi connectivity index (χ1) is 7.56. The maximum absolute atomic E-state index is 10.9. The fourth-order valence-electron chi connectivity index (χ4n) is 1.34. The molecule has 1 amide bonds. The van der Waals surface area contributed by atoms with Crippen LogP contribution < -0.4 is 5.73 Å². The van der Waals surface area contributed by atoms with Gasteiger partial charge >= 0.3 is 0 Å². The average Bonchev–Trinajstić information content (AvgIpc) is 2.15. The standard InChI is InChI=1S/C10H6Cl2N2OS/c11-6-1-5-2-7(12)4-14-9(5)8(3-6)16-10(13)15/h1-4H,(H2,13,15). The number of carbonyl (C=O) groups is 1. The van der Waals surface area contributed by atoms with Gasteiger partial charge in [-0.2, -0.15) is 0 Å². The molecule has 0 aliphatic rings. The molecule has 0 bridgehead atoms. The predicted molar refractivity (Wildman–Crippen MR) is 67.2 cm³/mol. The number of hydrogen-bond donors (Lipinski definition) is 1. The number of nitrogens with zero attached hydrogens (tertiary/aromatic N) is 1. The van der Waals surface area contributed by atoms with Crippen LogP contribution in [0, 0.1) is 0 Å². The van der Waals surface area contributed by atoms with E-state index in [1.807, 2.05) is 0 Å². The van der Waals surface area contributed by atoms with E-state index in [0.717, 1.165) is 17.1 Å². The van der Waals surface area contributed by atoms with Crippen LogP contribution in [-0.2, 0) is 0 Å². The van der Waals surface area contributed by atoms with E-state index in [9.17, 15) is 4.79 Å². The smallest absolute Gasteiger partial charge is 0.281 e. The van der Waals surface area contributed by atoms with E-state index in [2.05, 4.69) is 4.98 Å². The third kappa shape index (κ3) is 2.40. The van der Waals surface area contributed by atoms with E-state index in [1.54, 1.807) is 18.2 Å². The summed E-state index contributed by atoms with van der Waals surface area (Å²) in [5.74, 6) is 0. The van der Waals surface area contributed by atoms with Crippen LogP contribution in [0.2, 0.25) is 10.0 Å². The van der Waals surface area contributed by atoms with Gasteiger partial charge in [-0.05, 0) is 30.0 Å². The minimum absolute atomic E-state index is 0.500. The largest absolute Gasteiger partial charge is 0.360 e. The molecule has 0 radical (unpaired) electrons. The monoisotopic (exact) mass is 272 g/mol. The molecule has 1 heterocycles. The highest BCUT2D eigenvalue weighted by molar-refractivity contribution is 8.13. The Labute approximate surface area is 106 Å². The Hall–Kier alpha value is -0.970. The van der Waals surface area contributed by atoms with E-state index in [0.29, 0.717) is 20.5 Å². The van der Waals surface area contributed by atoms with Crippen LogP contribution in [0.1, 0.15) is 0 Å². The number of aromatic nitrogens is 1. The third-order valence-corrected chi connectivity index (χ3v) is 3.05. The molecule has 0 aliphatic carbocycles. The minimum Gasteiger partial charge on any atom is -0.360 e. The van der Waals surface area contributed by atoms with Crippen LogP contribution in [0.25, 0.3) is 10.9 Å². The average molecular weight is 273 g/mol. The van der Waals surface area contributed by atoms with E-state index >= 15 is 0 Å². The van der Waals surface area contributed by atoms with Crippen molar-refractivity contribution in [2.75, 3.05) is 0 Å². The van der Waals surface area contributed by atoms with E-state index in [-0.39, 0.29) is 0 Å². The molecule has 82 valence electrons. The molecule has 6 heteroatoms. The van der Waals surface area contributed by atoms with Gasteiger partial charge in [0, 0.05) is 21.5 Å². The van der Waals surface area contributed by atoms with E-state index < -0.39 is 5.24 Å². The summed E-state index contributed by atoms with van der Waals surface area (Å²) in [4.78, 5) is 15.7. The summed E-state index contributed by atoms with van der Waals surface area (Å²) < 4.78 is 0. The minimum atomic E-state index is -0.500. The predicted octanol–water partition coefficient (Wildman–Crippen LogP) is 3.71. The van der Waals surface area contributed by atoms with Crippen LogP contribution in [0.5, 0.6) is 0 Å². The second-order valence-electron chi connectivity index (χ2n) is 3.05. The number of benzene rings is 1. The Balaban J connectivity index is 2.67. The highest BCUT2D eigenvalue weighted by Crippen LogP contribution is 2.31. The second-order valence-corrected chi connectivity index (χ2v) is 4.97. The van der Waals surface area contributed by atoms with Crippen molar-refractivity contribution in [2.45, 2.75) is 4.90 Å². The molecular formula is C10H6Cl2N2OS. The third-order valence-electron chi connectivity index (χ3n) is 1.89. The van der Waals surface area contributed by atoms with Crippen LogP contribution >= 0.6 is 35.0 Å². The molecule has 2 rings (SSSR count). The molecule has 2 N–H and O–H groups in total. The molecule has 1 aromatic carbocycles. The number of amides is 1. The van der Waals surface area contributed by atoms with E-state index in [1.165, 1.54) is 6.20 Å². The first-order valence-electron chi connectivity index (χ1n) is 4.28. The maximum Gasteiger partial charge on any atom is 0.281 e. The summed E-state index contributed by atoms with van der Waals surface area (Å²) >= 11 is 12.6. The van der Waals surface area contributed by atoms with Gasteiger partial charge in [0.05, 0.1) is 10.5 Å². The fraction of sp³-hybridized carbons (Fsp3) is 0. The first-order valence-corrected chi connectivity index (χ1v) is 5.85. The normalized spacial score (nSPS) is 10.6. The van der Waals surface area contributed by atoms with E-state index in [4.69, 9.17) is 28.9 Å². The zero-order valence-corrected chi connectivity index (χ0v) is 10.2. The van der Waals surface area contributed by atoms with Crippen LogP contribution in [0.15, 0.2) is 29.3 Å². The molecule has 0 unspecified atom stereocenters. The number of primary amides is 1. The summed E-state index contributed by atoms with van der Waals surface area (Å²) in [6.45, 7) is 0. The van der Waals surface area contributed by atoms with Crippen molar-refractivity contribution in [1.82, 2.24) is 4.98 Å². The van der Waals surface area contributed by atoms with Crippen LogP contribution in [0.4, 0.5) is 4.79 Å². The second kappa shape index (κ2) is 4.49. The Morgan fingerprint density at radius 3 is 2.62 bits per heavy atom. The number of rotatable bonds is 1. The van der Waals surface area contributed by atoms with Crippen molar-refractivity contribution in [3.05, 3.63) is 34.4 Å². The number of hydrogen-bond acceptors (Lipinski definition) is 3. The van der Waals surface area contributed by atoms with Gasteiger partial charge in [-0.15, -0.1) is 0 Å². The van der Waals surface area contributed by atoms with Gasteiger partial charge in [0.2, 0.25) is 0 Å². The maximum atomic E-state index is 10.9. The summed E-state index contributed by atoms with van der Waals surface area (Å²) in [5.41, 5.74) is 5.79. The zero-order valence-electron chi connectivity index (χ0n) is 7.91. The highest BCUT2D eigenvalue weighted by Gasteiger charge is 2.08. The Bertz CT molecular complexity index is 569. The number of pyridine rings is 1. The molecule has 0 saturated heterocycles. The number of halogens is 2. The lowest BCUT2D eigenvalue weighted by Gasteiger charge is -2.04. The molecule has 3 nitrogen and oxygen atoms in total. The Kier molecular flexibility index (Phi) is 3.23. The molecule has 2 aromatic rings. The summed E-state index contributed by atoms with van der Waals surface area (Å²) in [6, 6.07) is 5.13. The zero-order chi connectivity index (χ0) is 11.7. The molecule has 1 aromatic heterocycles. The van der Waals surface area contributed by atoms with Crippen molar-refractivity contribution in [2.24, 2.45) is 5.73 Å². The van der Waals surface area contributed by atoms with Gasteiger partial charge in [0.15, 0.2) is 0 Å². The SMILES string of the molecule is NC(=O)Sc1cc(Cl)cc2cc(Cl)cnc12. The van der Waals surface area contributed by atoms with Gasteiger partial charge in [-0.25, -0.2) is 0 Å². The van der Waals surface area contributed by atoms with Crippen molar-refractivity contribution >= 4 is 51.1 Å². The Morgan fingerprint density at radius 1 is 1.25 bits per heavy atom. The molecule has 0 atom stereocenters. The summed E-state index contributed by atoms with van der Waals surface area (Å²) in [6.07, 6.45) is 1.52. The number of carbonyl (C=O) groups excluding carboxylic acids is 1. The van der Waals surface area contributed by atoms with Crippen molar-refractivity contribution in [3.8, 4) is 0 Å². The molecule has 0 saturated carbocycles. The lowest BCUT2D eigenvalue weighted by Crippen LogP contribution is -2.01. The lowest BCUT2D eigenvalue weighted by molar-refractivity contribution is 0.267. The fourth-order valence-corrected chi connectivity index (χ4v) is 2.47. The van der Waals surface area contributed by atoms with Gasteiger partial charge in [0.25, 0.3) is 5.24 Å².